The number of carbonyl (C=O) groups is 14. The molecular weight excluding hydrogens is 1660 g/mol. The SMILES string of the molecule is CCCCCCCCCCCC(=O)OCCCCCC(=O)OCCCCC(=O)N(CCN(CCNCCN(CCN(CCN)CCN(CCN(CCN(CCN)C(C)=O)C(C)=O)C(C)=O)C(C)=O)CCN(CCNCCN(CCN)C(C)=O)C(=O)CCCCCOC(=O)CCCCOC(=O)CCCCCCCCCCC)CCN(CCN(CCNC(C)=O)C(C)=O)C(C)=O. The van der Waals surface area contributed by atoms with E-state index in [1.54, 1.807) is 44.1 Å². The van der Waals surface area contributed by atoms with E-state index in [0.29, 0.717) is 215 Å². The maximum absolute atomic E-state index is 14.7. The second kappa shape index (κ2) is 82.2. The van der Waals surface area contributed by atoms with E-state index in [0.717, 1.165) is 38.5 Å². The number of hydrogen-bond donors (Lipinski definition) is 6. The number of esters is 4. The zero-order valence-electron chi connectivity index (χ0n) is 82.0. The number of nitrogens with zero attached hydrogens (tertiary/aromatic N) is 11. The second-order valence-electron chi connectivity index (χ2n) is 33.9. The molecule has 129 heavy (non-hydrogen) atoms. The molecule has 0 saturated carbocycles. The van der Waals surface area contributed by atoms with E-state index < -0.39 is 0 Å². The van der Waals surface area contributed by atoms with Gasteiger partial charge in [-0.15, -0.1) is 0 Å². The molecule has 9 N–H and O–H groups in total. The van der Waals surface area contributed by atoms with Crippen LogP contribution in [0.3, 0.4) is 0 Å². The summed E-state index contributed by atoms with van der Waals surface area (Å²) in [4.78, 5) is 200. The van der Waals surface area contributed by atoms with E-state index in [1.807, 2.05) is 0 Å². The van der Waals surface area contributed by atoms with Crippen molar-refractivity contribution in [2.24, 2.45) is 17.2 Å². The molecule has 0 aromatic carbocycles. The van der Waals surface area contributed by atoms with E-state index in [2.05, 4.69) is 39.6 Å². The lowest BCUT2D eigenvalue weighted by Crippen LogP contribution is -2.48. The Kier molecular flexibility index (Phi) is 77.3. The number of nitrogens with one attached hydrogen (secondary N) is 3. The topological polar surface area (TPSA) is 426 Å². The summed E-state index contributed by atoms with van der Waals surface area (Å²) in [5.41, 5.74) is 17.7. The predicted molar refractivity (Wildman–Crippen MR) is 506 cm³/mol. The Labute approximate surface area is 775 Å². The van der Waals surface area contributed by atoms with Gasteiger partial charge < -0.3 is 96.2 Å². The van der Waals surface area contributed by atoms with Crippen LogP contribution in [0, 0.1) is 0 Å². The van der Waals surface area contributed by atoms with Gasteiger partial charge in [0, 0.05) is 303 Å². The van der Waals surface area contributed by atoms with Gasteiger partial charge in [0.1, 0.15) is 0 Å². The molecule has 0 bridgehead atoms. The molecule has 0 atom stereocenters. The van der Waals surface area contributed by atoms with Crippen LogP contribution < -0.4 is 33.2 Å². The van der Waals surface area contributed by atoms with E-state index in [4.69, 9.17) is 36.1 Å². The van der Waals surface area contributed by atoms with Crippen LogP contribution in [0.4, 0.5) is 0 Å². The van der Waals surface area contributed by atoms with Crippen molar-refractivity contribution in [1.29, 1.82) is 0 Å². The van der Waals surface area contributed by atoms with Gasteiger partial charge in [-0.2, -0.15) is 0 Å². The summed E-state index contributed by atoms with van der Waals surface area (Å²) in [6, 6.07) is 0. The van der Waals surface area contributed by atoms with Crippen molar-refractivity contribution in [2.75, 3.05) is 236 Å². The minimum atomic E-state index is -0.356. The average molecular weight is 1840 g/mol. The molecule has 0 saturated heterocycles. The Morgan fingerprint density at radius 3 is 0.744 bits per heavy atom. The lowest BCUT2D eigenvalue weighted by molar-refractivity contribution is -0.145. The average Bonchev–Trinajstić information content (AvgIpc) is 0.896. The van der Waals surface area contributed by atoms with Crippen molar-refractivity contribution in [3.8, 4) is 0 Å². The van der Waals surface area contributed by atoms with Gasteiger partial charge in [0.2, 0.25) is 59.1 Å². The first kappa shape index (κ1) is 121. The minimum Gasteiger partial charge on any atom is -0.466 e. The lowest BCUT2D eigenvalue weighted by Gasteiger charge is -2.32. The fourth-order valence-electron chi connectivity index (χ4n) is 14.7. The third-order valence-corrected chi connectivity index (χ3v) is 23.0. The molecule has 0 aliphatic heterocycles. The molecule has 0 unspecified atom stereocenters. The fraction of sp³-hybridized carbons (Fsp3) is 0.851. The standard InChI is InChI=1S/C94H179N17O18/c1-11-13-15-17-19-21-23-25-30-41-91(122)126-78-36-28-32-43-93(124)128-79-37-33-40-90(121)111(76-75-109(88(10)119)72-70-106(85(7)116)60-52-100-81(3)112)68-64-102(56-48-98-50-58-105(84(6)115)65-61-101(53-45-95)62-66-107(86(8)117)73-74-108(87(9)118)71-69-104(55-47-97)83(5)114)63-67-110(59-51-99-49-57-103(54-46-96)82(4)113)89(120)39-29-27-35-77-127-94(125)44-34-38-80-129-92(123)42-31-26-24-22-20-18-16-14-12-2/h98-99H,11-80,95-97H2,1-10H3,(H,100,112). The van der Waals surface area contributed by atoms with Crippen LogP contribution in [-0.4, -0.2) is 373 Å². The predicted octanol–water partition coefficient (Wildman–Crippen LogP) is 6.85. The summed E-state index contributed by atoms with van der Waals surface area (Å²) in [5.74, 6) is -2.89. The van der Waals surface area contributed by atoms with Crippen molar-refractivity contribution >= 4 is 82.9 Å². The largest absolute Gasteiger partial charge is 0.466 e. The number of ether oxygens (including phenoxy) is 4. The molecule has 0 radical (unpaired) electrons. The summed E-state index contributed by atoms with van der Waals surface area (Å²) in [7, 11) is 0. The summed E-state index contributed by atoms with van der Waals surface area (Å²) in [6.45, 7) is 27.2. The van der Waals surface area contributed by atoms with Crippen molar-refractivity contribution < 1.29 is 86.1 Å². The number of carbonyl (C=O) groups excluding carboxylic acids is 14. The lowest BCUT2D eigenvalue weighted by atomic mass is 10.1. The molecule has 35 nitrogen and oxygen atoms in total. The van der Waals surface area contributed by atoms with Gasteiger partial charge in [-0.1, -0.05) is 117 Å². The zero-order chi connectivity index (χ0) is 95.9. The monoisotopic (exact) mass is 1830 g/mol. The highest BCUT2D eigenvalue weighted by molar-refractivity contribution is 5.79. The van der Waals surface area contributed by atoms with Gasteiger partial charge in [-0.3, -0.25) is 76.9 Å². The maximum Gasteiger partial charge on any atom is 0.305 e. The molecule has 0 heterocycles. The van der Waals surface area contributed by atoms with E-state index in [1.165, 1.54) is 132 Å². The van der Waals surface area contributed by atoms with Crippen molar-refractivity contribution in [1.82, 2.24) is 69.8 Å². The van der Waals surface area contributed by atoms with Crippen LogP contribution in [0.5, 0.6) is 0 Å². The molecule has 0 aromatic rings. The normalized spacial score (nSPS) is 11.2. The quantitative estimate of drug-likeness (QED) is 0.0206. The van der Waals surface area contributed by atoms with Crippen LogP contribution in [0.15, 0.2) is 0 Å². The van der Waals surface area contributed by atoms with Gasteiger partial charge in [0.25, 0.3) is 0 Å². The summed E-state index contributed by atoms with van der Waals surface area (Å²) >= 11 is 0. The van der Waals surface area contributed by atoms with Crippen molar-refractivity contribution in [2.45, 2.75) is 288 Å². The molecule has 0 rings (SSSR count). The first-order valence-corrected chi connectivity index (χ1v) is 49.2. The molecule has 0 aliphatic rings. The van der Waals surface area contributed by atoms with Crippen LogP contribution >= 0.6 is 0 Å². The summed E-state index contributed by atoms with van der Waals surface area (Å²) in [6.07, 6.45) is 27.9. The second-order valence-corrected chi connectivity index (χ2v) is 33.9. The highest BCUT2D eigenvalue weighted by Gasteiger charge is 2.24. The minimum absolute atomic E-state index is 0.0930. The summed E-state index contributed by atoms with van der Waals surface area (Å²) in [5, 5.41) is 9.64. The Morgan fingerprint density at radius 2 is 0.426 bits per heavy atom. The fourth-order valence-corrected chi connectivity index (χ4v) is 14.7. The molecule has 10 amide bonds. The van der Waals surface area contributed by atoms with Crippen LogP contribution in [0.2, 0.25) is 0 Å². The number of rotatable bonds is 87. The molecule has 0 aliphatic carbocycles. The van der Waals surface area contributed by atoms with Crippen molar-refractivity contribution in [3.05, 3.63) is 0 Å². The number of hydrogen-bond acceptors (Lipinski definition) is 25. The molecule has 0 spiro atoms. The van der Waals surface area contributed by atoms with Crippen LogP contribution in [0.25, 0.3) is 0 Å². The number of unbranched alkanes of at least 4 members (excludes halogenated alkanes) is 22. The Morgan fingerprint density at radius 1 is 0.217 bits per heavy atom. The van der Waals surface area contributed by atoms with Crippen molar-refractivity contribution in [3.63, 3.8) is 0 Å². The van der Waals surface area contributed by atoms with Gasteiger partial charge >= 0.3 is 23.9 Å². The first-order valence-electron chi connectivity index (χ1n) is 49.2. The summed E-state index contributed by atoms with van der Waals surface area (Å²) < 4.78 is 22.0. The number of amides is 10. The number of nitrogens with two attached hydrogens (primary N) is 3. The Hall–Kier alpha value is -7.70. The highest BCUT2D eigenvalue weighted by Crippen LogP contribution is 2.16. The zero-order valence-corrected chi connectivity index (χ0v) is 82.0. The van der Waals surface area contributed by atoms with Crippen LogP contribution in [-0.2, 0) is 86.1 Å². The van der Waals surface area contributed by atoms with E-state index in [-0.39, 0.29) is 207 Å². The van der Waals surface area contributed by atoms with E-state index in [9.17, 15) is 67.1 Å². The third kappa shape index (κ3) is 69.8. The third-order valence-electron chi connectivity index (χ3n) is 23.0. The Bertz CT molecular complexity index is 3040. The van der Waals surface area contributed by atoms with Gasteiger partial charge in [0.15, 0.2) is 0 Å². The van der Waals surface area contributed by atoms with Gasteiger partial charge in [-0.25, -0.2) is 0 Å². The Balaban J connectivity index is 6.86. The van der Waals surface area contributed by atoms with Gasteiger partial charge in [-0.05, 0) is 77.0 Å². The molecule has 0 fully saturated rings. The highest BCUT2D eigenvalue weighted by atomic mass is 16.5. The molecule has 35 heteroatoms. The maximum atomic E-state index is 14.7. The molecule has 748 valence electrons. The van der Waals surface area contributed by atoms with E-state index >= 15 is 0 Å². The molecule has 0 aromatic heterocycles. The van der Waals surface area contributed by atoms with Gasteiger partial charge in [0.05, 0.1) is 26.4 Å². The molecular formula is C94H179N17O18. The first-order chi connectivity index (χ1) is 62.0. The van der Waals surface area contributed by atoms with Crippen LogP contribution in [0.1, 0.15) is 288 Å². The smallest absolute Gasteiger partial charge is 0.305 e.